The van der Waals surface area contributed by atoms with Crippen LogP contribution in [0.15, 0.2) is 48.4 Å². The van der Waals surface area contributed by atoms with Crippen molar-refractivity contribution in [3.05, 3.63) is 48.4 Å². The lowest BCUT2D eigenvalue weighted by Crippen LogP contribution is -2.67. The molecule has 2 atom stereocenters. The maximum Gasteiger partial charge on any atom is 0.334 e. The molecule has 2 heterocycles. The van der Waals surface area contributed by atoms with E-state index in [1.54, 1.807) is 17.0 Å². The summed E-state index contributed by atoms with van der Waals surface area (Å²) in [7, 11) is 1.67. The number of hydrogen-bond donors (Lipinski definition) is 1. The summed E-state index contributed by atoms with van der Waals surface area (Å²) in [5, 5.41) is 5.89. The van der Waals surface area contributed by atoms with E-state index in [1.165, 1.54) is 22.1 Å². The fourth-order valence-electron chi connectivity index (χ4n) is 3.64. The van der Waals surface area contributed by atoms with Gasteiger partial charge in [-0.2, -0.15) is 0 Å². The summed E-state index contributed by atoms with van der Waals surface area (Å²) >= 11 is 0. The molecule has 2 unspecified atom stereocenters. The Kier molecular flexibility index (Phi) is 9.30. The number of ether oxygens (including phenoxy) is 1. The summed E-state index contributed by atoms with van der Waals surface area (Å²) in [6.07, 6.45) is 3.92. The predicted molar refractivity (Wildman–Crippen MR) is 119 cm³/mol. The second-order valence-corrected chi connectivity index (χ2v) is 7.70. The third-order valence-electron chi connectivity index (χ3n) is 5.42. The van der Waals surface area contributed by atoms with E-state index < -0.39 is 18.2 Å². The Labute approximate surface area is 188 Å². The molecule has 2 fully saturated rings. The molecule has 32 heavy (non-hydrogen) atoms. The highest BCUT2D eigenvalue weighted by Gasteiger charge is 2.50. The lowest BCUT2D eigenvalue weighted by Gasteiger charge is -2.44. The number of aldehydes is 1. The molecule has 0 aliphatic carbocycles. The summed E-state index contributed by atoms with van der Waals surface area (Å²) in [6.45, 7) is 12.0. The summed E-state index contributed by atoms with van der Waals surface area (Å²) < 4.78 is 18.5. The van der Waals surface area contributed by atoms with Crippen molar-refractivity contribution in [3.8, 4) is 0 Å². The van der Waals surface area contributed by atoms with Crippen molar-refractivity contribution in [2.75, 3.05) is 46.4 Å². The van der Waals surface area contributed by atoms with E-state index in [-0.39, 0.29) is 31.7 Å². The van der Waals surface area contributed by atoms with Crippen molar-refractivity contribution in [1.29, 1.82) is 0 Å². The first kappa shape index (κ1) is 25.4. The van der Waals surface area contributed by atoms with E-state index in [1.807, 2.05) is 19.9 Å². The first-order chi connectivity index (χ1) is 15.2. The molecule has 0 spiro atoms. The highest BCUT2D eigenvalue weighted by atomic mass is 19.1. The van der Waals surface area contributed by atoms with Gasteiger partial charge in [-0.1, -0.05) is 30.9 Å². The molecule has 0 aromatic heterocycles. The zero-order chi connectivity index (χ0) is 23.8. The van der Waals surface area contributed by atoms with Crippen molar-refractivity contribution in [2.45, 2.75) is 26.2 Å². The minimum absolute atomic E-state index is 0.0121. The predicted octanol–water partition coefficient (Wildman–Crippen LogP) is 1.43. The average molecular weight is 450 g/mol. The van der Waals surface area contributed by atoms with Crippen molar-refractivity contribution >= 4 is 18.2 Å². The molecule has 2 aliphatic rings. The van der Waals surface area contributed by atoms with Crippen LogP contribution >= 0.6 is 0 Å². The summed E-state index contributed by atoms with van der Waals surface area (Å²) in [6, 6.07) is -0.342. The number of carbonyl (C=O) groups excluding carboxylic acids is 3. The Bertz CT molecular complexity index is 812. The van der Waals surface area contributed by atoms with Crippen LogP contribution in [0.4, 0.5) is 9.18 Å². The SMILES string of the molecule is C=C/C(=C\C(=C)F)COCCN1CC2N(C(=O)CN(C)N2C(=O)NC/C(C)=C/C)C1C=O. The molecule has 0 bridgehead atoms. The van der Waals surface area contributed by atoms with Crippen molar-refractivity contribution < 1.29 is 23.5 Å². The Morgan fingerprint density at radius 1 is 1.41 bits per heavy atom. The van der Waals surface area contributed by atoms with Crippen LogP contribution in [0.1, 0.15) is 13.8 Å². The van der Waals surface area contributed by atoms with Crippen molar-refractivity contribution in [1.82, 2.24) is 25.1 Å². The van der Waals surface area contributed by atoms with Crippen LogP contribution < -0.4 is 5.32 Å². The molecule has 10 heteroatoms. The lowest BCUT2D eigenvalue weighted by atomic mass is 10.2. The first-order valence-corrected chi connectivity index (χ1v) is 10.4. The molecular weight excluding hydrogens is 417 g/mol. The third kappa shape index (κ3) is 6.12. The van der Waals surface area contributed by atoms with Crippen molar-refractivity contribution in [2.24, 2.45) is 0 Å². The number of amides is 3. The monoisotopic (exact) mass is 449 g/mol. The fraction of sp³-hybridized carbons (Fsp3) is 0.500. The maximum absolute atomic E-state index is 12.9. The Balaban J connectivity index is 2.06. The van der Waals surface area contributed by atoms with Gasteiger partial charge in [-0.25, -0.2) is 19.2 Å². The molecule has 3 amide bonds. The second kappa shape index (κ2) is 11.7. The quantitative estimate of drug-likeness (QED) is 0.235. The van der Waals surface area contributed by atoms with Gasteiger partial charge in [0.25, 0.3) is 0 Å². The second-order valence-electron chi connectivity index (χ2n) is 7.70. The summed E-state index contributed by atoms with van der Waals surface area (Å²) in [5.74, 6) is -0.823. The minimum Gasteiger partial charge on any atom is -0.375 e. The smallest absolute Gasteiger partial charge is 0.334 e. The van der Waals surface area contributed by atoms with Crippen LogP contribution in [-0.2, 0) is 14.3 Å². The number of halogens is 1. The highest BCUT2D eigenvalue weighted by Crippen LogP contribution is 2.27. The zero-order valence-electron chi connectivity index (χ0n) is 18.9. The number of carbonyl (C=O) groups is 3. The lowest BCUT2D eigenvalue weighted by molar-refractivity contribution is -0.162. The van der Waals surface area contributed by atoms with Gasteiger partial charge in [0.1, 0.15) is 18.2 Å². The zero-order valence-corrected chi connectivity index (χ0v) is 18.9. The molecule has 0 aromatic rings. The van der Waals surface area contributed by atoms with Gasteiger partial charge in [0, 0.05) is 26.7 Å². The normalized spacial score (nSPS) is 22.7. The molecule has 9 nitrogen and oxygen atoms in total. The van der Waals surface area contributed by atoms with Gasteiger partial charge in [0.15, 0.2) is 6.29 Å². The largest absolute Gasteiger partial charge is 0.375 e. The highest BCUT2D eigenvalue weighted by molar-refractivity contribution is 5.85. The number of likely N-dealkylation sites (N-methyl/N-ethyl adjacent to an activating group) is 1. The summed E-state index contributed by atoms with van der Waals surface area (Å²) in [5.41, 5.74) is 1.55. The third-order valence-corrected chi connectivity index (χ3v) is 5.42. The minimum atomic E-state index is -0.794. The molecule has 2 saturated heterocycles. The van der Waals surface area contributed by atoms with E-state index >= 15 is 0 Å². The number of allylic oxidation sites excluding steroid dienone is 3. The average Bonchev–Trinajstić information content (AvgIpc) is 3.12. The molecule has 0 radical (unpaired) electrons. The van der Waals surface area contributed by atoms with Crippen LogP contribution in [0.2, 0.25) is 0 Å². The number of urea groups is 1. The molecule has 176 valence electrons. The molecular formula is C22H32FN5O4. The number of rotatable bonds is 10. The molecule has 2 rings (SSSR count). The van der Waals surface area contributed by atoms with Gasteiger partial charge in [-0.15, -0.1) is 0 Å². The topological polar surface area (TPSA) is 85.4 Å². The van der Waals surface area contributed by atoms with E-state index in [9.17, 15) is 18.8 Å². The van der Waals surface area contributed by atoms with Gasteiger partial charge < -0.3 is 10.1 Å². The van der Waals surface area contributed by atoms with E-state index in [0.29, 0.717) is 31.5 Å². The van der Waals surface area contributed by atoms with Crippen LogP contribution in [0.25, 0.3) is 0 Å². The van der Waals surface area contributed by atoms with Crippen LogP contribution in [-0.4, -0.2) is 96.8 Å². The van der Waals surface area contributed by atoms with Crippen LogP contribution in [0.5, 0.6) is 0 Å². The van der Waals surface area contributed by atoms with Gasteiger partial charge in [-0.05, 0) is 25.5 Å². The van der Waals surface area contributed by atoms with Gasteiger partial charge >= 0.3 is 6.03 Å². The molecule has 2 aliphatic heterocycles. The van der Waals surface area contributed by atoms with Crippen LogP contribution in [0, 0.1) is 0 Å². The number of nitrogens with zero attached hydrogens (tertiary/aromatic N) is 4. The van der Waals surface area contributed by atoms with Crippen molar-refractivity contribution in [3.63, 3.8) is 0 Å². The van der Waals surface area contributed by atoms with Gasteiger partial charge in [0.2, 0.25) is 5.91 Å². The standard InChI is InChI=1S/C22H32FN5O4/c1-6-16(3)11-24-22(31)28-19-12-26(8-9-32-15-18(7-2)10-17(4)23)20(14-29)27(19)21(30)13-25(28)5/h6-7,10,14,19-20H,2,4,8-9,11-13,15H2,1,3,5H3,(H,24,31)/b16-6+,18-10+. The summed E-state index contributed by atoms with van der Waals surface area (Å²) in [4.78, 5) is 40.6. The Morgan fingerprint density at radius 3 is 2.72 bits per heavy atom. The molecule has 0 saturated carbocycles. The van der Waals surface area contributed by atoms with Crippen LogP contribution in [0.3, 0.4) is 0 Å². The van der Waals surface area contributed by atoms with Gasteiger partial charge in [0.05, 0.1) is 19.8 Å². The Morgan fingerprint density at radius 2 is 2.12 bits per heavy atom. The molecule has 0 aromatic carbocycles. The van der Waals surface area contributed by atoms with E-state index in [0.717, 1.165) is 5.57 Å². The maximum atomic E-state index is 12.9. The number of nitrogens with one attached hydrogen (secondary N) is 1. The number of hydrogen-bond acceptors (Lipinski definition) is 6. The number of hydrazine groups is 1. The van der Waals surface area contributed by atoms with Gasteiger partial charge in [-0.3, -0.25) is 19.4 Å². The first-order valence-electron chi connectivity index (χ1n) is 10.4. The molecule has 1 N–H and O–H groups in total. The Hall–Kier alpha value is -2.82. The fourth-order valence-corrected chi connectivity index (χ4v) is 3.64. The van der Waals surface area contributed by atoms with E-state index in [2.05, 4.69) is 18.5 Å². The van der Waals surface area contributed by atoms with E-state index in [4.69, 9.17) is 4.74 Å². The number of fused-ring (bicyclic) bond motifs is 1.